The predicted molar refractivity (Wildman–Crippen MR) is 89.7 cm³/mol. The van der Waals surface area contributed by atoms with Gasteiger partial charge in [-0.1, -0.05) is 31.2 Å². The Hall–Kier alpha value is -2.37. The number of carboxylic acids is 1. The number of hydrogen-bond acceptors (Lipinski definition) is 5. The number of fused-ring (bicyclic) bond motifs is 1. The fourth-order valence-electron chi connectivity index (χ4n) is 2.99. The first-order chi connectivity index (χ1) is 11.7. The first-order valence-electron chi connectivity index (χ1n) is 8.32. The molecule has 0 amide bonds. The van der Waals surface area contributed by atoms with Gasteiger partial charge in [0.25, 0.3) is 0 Å². The lowest BCUT2D eigenvalue weighted by Gasteiger charge is -2.36. The van der Waals surface area contributed by atoms with Crippen molar-refractivity contribution in [3.63, 3.8) is 0 Å². The fourth-order valence-corrected chi connectivity index (χ4v) is 2.99. The number of benzene rings is 1. The first kappa shape index (κ1) is 19.0. The van der Waals surface area contributed by atoms with E-state index in [1.165, 1.54) is 7.11 Å². The van der Waals surface area contributed by atoms with Crippen molar-refractivity contribution in [1.82, 2.24) is 0 Å². The molecule has 0 heterocycles. The second-order valence-electron chi connectivity index (χ2n) is 6.96. The largest absolute Gasteiger partial charge is 0.481 e. The van der Waals surface area contributed by atoms with Crippen molar-refractivity contribution in [2.45, 2.75) is 39.7 Å². The number of rotatable bonds is 5. The number of carbonyl (C=O) groups is 3. The van der Waals surface area contributed by atoms with E-state index < -0.39 is 41.3 Å². The minimum atomic E-state index is -1.11. The van der Waals surface area contributed by atoms with E-state index in [1.807, 2.05) is 6.92 Å². The molecule has 0 saturated carbocycles. The van der Waals surface area contributed by atoms with E-state index in [4.69, 9.17) is 9.47 Å². The van der Waals surface area contributed by atoms with Gasteiger partial charge in [-0.05, 0) is 37.8 Å². The molecule has 3 unspecified atom stereocenters. The van der Waals surface area contributed by atoms with Crippen molar-refractivity contribution >= 4 is 17.9 Å². The van der Waals surface area contributed by atoms with Gasteiger partial charge in [0, 0.05) is 0 Å². The third kappa shape index (κ3) is 3.67. The monoisotopic (exact) mass is 348 g/mol. The molecule has 136 valence electrons. The van der Waals surface area contributed by atoms with E-state index in [0.29, 0.717) is 12.0 Å². The SMILES string of the molecule is CCC(C)(C)C(=O)OC1c2ccccc2CC(C(=O)O)C1C(=O)OC. The topological polar surface area (TPSA) is 89.9 Å². The van der Waals surface area contributed by atoms with Crippen molar-refractivity contribution in [3.05, 3.63) is 35.4 Å². The Balaban J connectivity index is 2.51. The van der Waals surface area contributed by atoms with Crippen molar-refractivity contribution in [2.75, 3.05) is 7.11 Å². The first-order valence-corrected chi connectivity index (χ1v) is 8.32. The molecule has 0 saturated heterocycles. The summed E-state index contributed by atoms with van der Waals surface area (Å²) in [6.45, 7) is 5.38. The highest BCUT2D eigenvalue weighted by Crippen LogP contribution is 2.42. The van der Waals surface area contributed by atoms with Gasteiger partial charge in [0.2, 0.25) is 0 Å². The Morgan fingerprint density at radius 3 is 2.44 bits per heavy atom. The van der Waals surface area contributed by atoms with E-state index in [0.717, 1.165) is 5.56 Å². The standard InChI is InChI=1S/C19H24O6/c1-5-19(2,3)18(23)25-15-12-9-7-6-8-11(12)10-13(16(20)21)14(15)17(22)24-4/h6-9,13-15H,5,10H2,1-4H3,(H,20,21). The van der Waals surface area contributed by atoms with Crippen LogP contribution in [0.4, 0.5) is 0 Å². The third-order valence-electron chi connectivity index (χ3n) is 5.02. The van der Waals surface area contributed by atoms with Gasteiger partial charge in [0.1, 0.15) is 12.0 Å². The van der Waals surface area contributed by atoms with Gasteiger partial charge in [-0.15, -0.1) is 0 Å². The molecule has 1 aromatic carbocycles. The summed E-state index contributed by atoms with van der Waals surface area (Å²) in [4.78, 5) is 36.6. The molecule has 1 aromatic rings. The molecule has 3 atom stereocenters. The average Bonchev–Trinajstić information content (AvgIpc) is 2.60. The lowest BCUT2D eigenvalue weighted by molar-refractivity contribution is -0.176. The van der Waals surface area contributed by atoms with Crippen LogP contribution in [0.3, 0.4) is 0 Å². The molecule has 6 heteroatoms. The van der Waals surface area contributed by atoms with Crippen LogP contribution in [0.1, 0.15) is 44.4 Å². The second-order valence-corrected chi connectivity index (χ2v) is 6.96. The number of aliphatic carboxylic acids is 1. The number of hydrogen-bond donors (Lipinski definition) is 1. The molecule has 6 nitrogen and oxygen atoms in total. The van der Waals surface area contributed by atoms with Crippen LogP contribution in [0.15, 0.2) is 24.3 Å². The zero-order valence-electron chi connectivity index (χ0n) is 14.9. The highest BCUT2D eigenvalue weighted by atomic mass is 16.6. The summed E-state index contributed by atoms with van der Waals surface area (Å²) in [6.07, 6.45) is -0.223. The molecule has 2 rings (SSSR count). The van der Waals surface area contributed by atoms with Crippen LogP contribution >= 0.6 is 0 Å². The van der Waals surface area contributed by atoms with Crippen molar-refractivity contribution in [1.29, 1.82) is 0 Å². The van der Waals surface area contributed by atoms with Crippen LogP contribution in [0.5, 0.6) is 0 Å². The van der Waals surface area contributed by atoms with Gasteiger partial charge >= 0.3 is 17.9 Å². The van der Waals surface area contributed by atoms with Crippen molar-refractivity contribution in [2.24, 2.45) is 17.3 Å². The normalized spacial score (nSPS) is 22.6. The molecule has 0 spiro atoms. The molecule has 1 aliphatic carbocycles. The number of carbonyl (C=O) groups excluding carboxylic acids is 2. The summed E-state index contributed by atoms with van der Waals surface area (Å²) in [7, 11) is 1.20. The Morgan fingerprint density at radius 2 is 1.88 bits per heavy atom. The summed E-state index contributed by atoms with van der Waals surface area (Å²) in [6, 6.07) is 7.13. The van der Waals surface area contributed by atoms with Crippen molar-refractivity contribution < 1.29 is 29.0 Å². The lowest BCUT2D eigenvalue weighted by Crippen LogP contribution is -2.43. The zero-order valence-corrected chi connectivity index (χ0v) is 14.9. The molecule has 0 aliphatic heterocycles. The smallest absolute Gasteiger partial charge is 0.313 e. The summed E-state index contributed by atoms with van der Waals surface area (Å²) in [5.41, 5.74) is 0.698. The Labute approximate surface area is 147 Å². The van der Waals surface area contributed by atoms with E-state index >= 15 is 0 Å². The van der Waals surface area contributed by atoms with E-state index in [9.17, 15) is 19.5 Å². The summed E-state index contributed by atoms with van der Waals surface area (Å²) >= 11 is 0. The van der Waals surface area contributed by atoms with Crippen molar-refractivity contribution in [3.8, 4) is 0 Å². The Kier molecular flexibility index (Phi) is 5.50. The minimum Gasteiger partial charge on any atom is -0.481 e. The van der Waals surface area contributed by atoms with Gasteiger partial charge < -0.3 is 14.6 Å². The van der Waals surface area contributed by atoms with Gasteiger partial charge in [-0.3, -0.25) is 14.4 Å². The average molecular weight is 348 g/mol. The van der Waals surface area contributed by atoms with Crippen LogP contribution in [-0.4, -0.2) is 30.1 Å². The maximum Gasteiger partial charge on any atom is 0.313 e. The lowest BCUT2D eigenvalue weighted by atomic mass is 9.73. The highest BCUT2D eigenvalue weighted by molar-refractivity contribution is 5.84. The van der Waals surface area contributed by atoms with Crippen LogP contribution in [0.2, 0.25) is 0 Å². The minimum absolute atomic E-state index is 0.191. The number of methoxy groups -OCH3 is 1. The van der Waals surface area contributed by atoms with E-state index in [1.54, 1.807) is 38.1 Å². The molecule has 0 bridgehead atoms. The van der Waals surface area contributed by atoms with Crippen LogP contribution in [-0.2, 0) is 30.3 Å². The van der Waals surface area contributed by atoms with Gasteiger partial charge in [0.15, 0.2) is 0 Å². The maximum atomic E-state index is 12.6. The van der Waals surface area contributed by atoms with Crippen LogP contribution in [0.25, 0.3) is 0 Å². The molecular weight excluding hydrogens is 324 g/mol. The molecule has 25 heavy (non-hydrogen) atoms. The number of carboxylic acid groups (broad SMARTS) is 1. The Bertz CT molecular complexity index is 678. The second kappa shape index (κ2) is 7.25. The Morgan fingerprint density at radius 1 is 1.24 bits per heavy atom. The fraction of sp³-hybridized carbons (Fsp3) is 0.526. The van der Waals surface area contributed by atoms with Gasteiger partial charge in [-0.2, -0.15) is 0 Å². The van der Waals surface area contributed by atoms with E-state index in [-0.39, 0.29) is 6.42 Å². The number of ether oxygens (including phenoxy) is 2. The van der Waals surface area contributed by atoms with Crippen LogP contribution in [0, 0.1) is 17.3 Å². The molecule has 0 radical (unpaired) electrons. The maximum absolute atomic E-state index is 12.6. The summed E-state index contributed by atoms with van der Waals surface area (Å²) in [5, 5.41) is 9.59. The summed E-state index contributed by atoms with van der Waals surface area (Å²) in [5.74, 6) is -4.34. The highest BCUT2D eigenvalue weighted by Gasteiger charge is 2.48. The zero-order chi connectivity index (χ0) is 18.8. The third-order valence-corrected chi connectivity index (χ3v) is 5.02. The molecule has 0 fully saturated rings. The van der Waals surface area contributed by atoms with E-state index in [2.05, 4.69) is 0 Å². The molecule has 0 aromatic heterocycles. The molecule has 1 N–H and O–H groups in total. The quantitative estimate of drug-likeness (QED) is 0.823. The van der Waals surface area contributed by atoms with Crippen LogP contribution < -0.4 is 0 Å². The summed E-state index contributed by atoms with van der Waals surface area (Å²) < 4.78 is 10.5. The predicted octanol–water partition coefficient (Wildman–Crippen LogP) is 2.75. The van der Waals surface area contributed by atoms with Gasteiger partial charge in [-0.25, -0.2) is 0 Å². The molecular formula is C19H24O6. The van der Waals surface area contributed by atoms with Gasteiger partial charge in [0.05, 0.1) is 18.4 Å². The molecule has 1 aliphatic rings. The number of esters is 2.